The van der Waals surface area contributed by atoms with Gasteiger partial charge in [0.25, 0.3) is 5.91 Å². The van der Waals surface area contributed by atoms with Crippen LogP contribution in [0.3, 0.4) is 0 Å². The van der Waals surface area contributed by atoms with Gasteiger partial charge in [0, 0.05) is 5.56 Å². The molecule has 0 bridgehead atoms. The first-order valence-electron chi connectivity index (χ1n) is 7.87. The third-order valence-corrected chi connectivity index (χ3v) is 3.96. The number of carbonyl (C=O) groups excluding carboxylic acids is 1. The predicted octanol–water partition coefficient (Wildman–Crippen LogP) is 4.93. The Labute approximate surface area is 144 Å². The first-order valence-corrected chi connectivity index (χ1v) is 7.87. The number of rotatable bonds is 5. The second-order valence-corrected chi connectivity index (χ2v) is 5.70. The van der Waals surface area contributed by atoms with Gasteiger partial charge in [0.2, 0.25) is 0 Å². The Morgan fingerprint density at radius 3 is 2.32 bits per heavy atom. The molecule has 3 rings (SSSR count). The molecule has 0 saturated carbocycles. The van der Waals surface area contributed by atoms with Gasteiger partial charge in [-0.15, -0.1) is 0 Å². The number of halogens is 2. The third kappa shape index (κ3) is 4.12. The number of hydrogen-bond acceptors (Lipinski definition) is 2. The molecule has 1 atom stereocenters. The van der Waals surface area contributed by atoms with E-state index in [1.807, 2.05) is 49.4 Å². The summed E-state index contributed by atoms with van der Waals surface area (Å²) in [5.74, 6) is -0.251. The van der Waals surface area contributed by atoms with Crippen LogP contribution < -0.4 is 10.1 Å². The van der Waals surface area contributed by atoms with Gasteiger partial charge in [-0.1, -0.05) is 36.4 Å². The number of benzene rings is 3. The minimum absolute atomic E-state index is 0.0223. The average molecular weight is 341 g/mol. The lowest BCUT2D eigenvalue weighted by atomic mass is 10.0. The van der Waals surface area contributed by atoms with Crippen molar-refractivity contribution in [3.63, 3.8) is 0 Å². The van der Waals surface area contributed by atoms with E-state index in [0.717, 1.165) is 16.3 Å². The first-order chi connectivity index (χ1) is 12.0. The molecule has 0 aliphatic heterocycles. The zero-order chi connectivity index (χ0) is 17.8. The van der Waals surface area contributed by atoms with Gasteiger partial charge in [-0.2, -0.15) is 8.78 Å². The molecule has 0 heterocycles. The van der Waals surface area contributed by atoms with E-state index in [0.29, 0.717) is 5.56 Å². The van der Waals surface area contributed by atoms with Crippen LogP contribution in [0.5, 0.6) is 5.75 Å². The van der Waals surface area contributed by atoms with E-state index in [-0.39, 0.29) is 17.7 Å². The molecular weight excluding hydrogens is 324 g/mol. The molecule has 0 aliphatic carbocycles. The van der Waals surface area contributed by atoms with Gasteiger partial charge in [-0.3, -0.25) is 4.79 Å². The van der Waals surface area contributed by atoms with Gasteiger partial charge in [0.1, 0.15) is 5.75 Å². The molecule has 0 radical (unpaired) electrons. The van der Waals surface area contributed by atoms with Crippen molar-refractivity contribution in [3.8, 4) is 5.75 Å². The van der Waals surface area contributed by atoms with E-state index in [4.69, 9.17) is 0 Å². The normalized spacial score (nSPS) is 12.2. The van der Waals surface area contributed by atoms with E-state index in [1.54, 1.807) is 0 Å². The van der Waals surface area contributed by atoms with Crippen LogP contribution in [0.4, 0.5) is 8.78 Å². The summed E-state index contributed by atoms with van der Waals surface area (Å²) >= 11 is 0. The maximum Gasteiger partial charge on any atom is 0.387 e. The second-order valence-electron chi connectivity index (χ2n) is 5.70. The molecule has 1 unspecified atom stereocenters. The Morgan fingerprint density at radius 2 is 1.64 bits per heavy atom. The Morgan fingerprint density at radius 1 is 0.960 bits per heavy atom. The summed E-state index contributed by atoms with van der Waals surface area (Å²) in [6, 6.07) is 19.5. The molecule has 25 heavy (non-hydrogen) atoms. The minimum atomic E-state index is -2.88. The van der Waals surface area contributed by atoms with E-state index in [9.17, 15) is 13.6 Å². The zero-order valence-electron chi connectivity index (χ0n) is 13.6. The van der Waals surface area contributed by atoms with Gasteiger partial charge in [-0.05, 0) is 53.6 Å². The lowest BCUT2D eigenvalue weighted by Gasteiger charge is -2.15. The Balaban J connectivity index is 1.70. The summed E-state index contributed by atoms with van der Waals surface area (Å²) in [6.07, 6.45) is 0. The van der Waals surface area contributed by atoms with Crippen LogP contribution >= 0.6 is 0 Å². The molecule has 1 amide bonds. The molecule has 3 aromatic carbocycles. The van der Waals surface area contributed by atoms with Crippen molar-refractivity contribution in [2.75, 3.05) is 0 Å². The number of ether oxygens (including phenoxy) is 1. The topological polar surface area (TPSA) is 38.3 Å². The molecule has 128 valence electrons. The van der Waals surface area contributed by atoms with Crippen molar-refractivity contribution in [2.45, 2.75) is 19.6 Å². The van der Waals surface area contributed by atoms with Crippen LogP contribution in [-0.4, -0.2) is 12.5 Å². The standard InChI is InChI=1S/C20H17F2NO2/c1-13(16-7-6-14-4-2-3-5-17(14)12-16)23-19(24)15-8-10-18(11-9-15)25-20(21)22/h2-13,20H,1H3,(H,23,24). The zero-order valence-corrected chi connectivity index (χ0v) is 13.6. The molecule has 3 nitrogen and oxygen atoms in total. The molecule has 1 N–H and O–H groups in total. The summed E-state index contributed by atoms with van der Waals surface area (Å²) < 4.78 is 28.6. The predicted molar refractivity (Wildman–Crippen MR) is 92.9 cm³/mol. The van der Waals surface area contributed by atoms with E-state index in [2.05, 4.69) is 10.1 Å². The summed E-state index contributed by atoms with van der Waals surface area (Å²) in [6.45, 7) is -0.983. The lowest BCUT2D eigenvalue weighted by Crippen LogP contribution is -2.26. The molecule has 0 aliphatic rings. The molecule has 0 fully saturated rings. The van der Waals surface area contributed by atoms with E-state index in [1.165, 1.54) is 24.3 Å². The number of alkyl halides is 2. The maximum atomic E-state index is 12.3. The fourth-order valence-electron chi connectivity index (χ4n) is 2.63. The summed E-state index contributed by atoms with van der Waals surface area (Å²) in [7, 11) is 0. The smallest absolute Gasteiger partial charge is 0.387 e. The van der Waals surface area contributed by atoms with Gasteiger partial charge < -0.3 is 10.1 Å². The van der Waals surface area contributed by atoms with Crippen LogP contribution in [0.2, 0.25) is 0 Å². The molecule has 0 spiro atoms. The highest BCUT2D eigenvalue weighted by Crippen LogP contribution is 2.21. The van der Waals surface area contributed by atoms with E-state index < -0.39 is 6.61 Å². The quantitative estimate of drug-likeness (QED) is 0.714. The number of nitrogens with one attached hydrogen (secondary N) is 1. The van der Waals surface area contributed by atoms with Crippen LogP contribution in [0.1, 0.15) is 28.9 Å². The highest BCUT2D eigenvalue weighted by atomic mass is 19.3. The lowest BCUT2D eigenvalue weighted by molar-refractivity contribution is -0.0498. The van der Waals surface area contributed by atoms with Crippen molar-refractivity contribution in [3.05, 3.63) is 77.9 Å². The van der Waals surface area contributed by atoms with Gasteiger partial charge in [0.15, 0.2) is 0 Å². The SMILES string of the molecule is CC(NC(=O)c1ccc(OC(F)F)cc1)c1ccc2ccccc2c1. The van der Waals surface area contributed by atoms with Crippen molar-refractivity contribution < 1.29 is 18.3 Å². The minimum Gasteiger partial charge on any atom is -0.435 e. The van der Waals surface area contributed by atoms with Crippen LogP contribution in [-0.2, 0) is 0 Å². The number of hydrogen-bond donors (Lipinski definition) is 1. The number of fused-ring (bicyclic) bond motifs is 1. The fraction of sp³-hybridized carbons (Fsp3) is 0.150. The molecule has 0 aromatic heterocycles. The van der Waals surface area contributed by atoms with Gasteiger partial charge >= 0.3 is 6.61 Å². The largest absolute Gasteiger partial charge is 0.435 e. The fourth-order valence-corrected chi connectivity index (χ4v) is 2.63. The summed E-state index contributed by atoms with van der Waals surface area (Å²) in [4.78, 5) is 12.3. The highest BCUT2D eigenvalue weighted by Gasteiger charge is 2.12. The van der Waals surface area contributed by atoms with Crippen LogP contribution in [0.25, 0.3) is 10.8 Å². The van der Waals surface area contributed by atoms with Crippen molar-refractivity contribution in [1.82, 2.24) is 5.32 Å². The third-order valence-electron chi connectivity index (χ3n) is 3.96. The summed E-state index contributed by atoms with van der Waals surface area (Å²) in [5.41, 5.74) is 1.37. The Bertz CT molecular complexity index is 878. The molecule has 5 heteroatoms. The number of carbonyl (C=O) groups is 1. The maximum absolute atomic E-state index is 12.3. The van der Waals surface area contributed by atoms with Crippen molar-refractivity contribution in [1.29, 1.82) is 0 Å². The van der Waals surface area contributed by atoms with Gasteiger partial charge in [0.05, 0.1) is 6.04 Å². The Hall–Kier alpha value is -2.95. The summed E-state index contributed by atoms with van der Waals surface area (Å²) in [5, 5.41) is 5.15. The van der Waals surface area contributed by atoms with Crippen LogP contribution in [0, 0.1) is 0 Å². The molecular formula is C20H17F2NO2. The van der Waals surface area contributed by atoms with Crippen molar-refractivity contribution in [2.24, 2.45) is 0 Å². The molecule has 3 aromatic rings. The second kappa shape index (κ2) is 7.30. The van der Waals surface area contributed by atoms with Crippen LogP contribution in [0.15, 0.2) is 66.7 Å². The molecule has 0 saturated heterocycles. The average Bonchev–Trinajstić information content (AvgIpc) is 2.61. The van der Waals surface area contributed by atoms with Gasteiger partial charge in [-0.25, -0.2) is 0 Å². The van der Waals surface area contributed by atoms with E-state index >= 15 is 0 Å². The monoisotopic (exact) mass is 341 g/mol. The first kappa shape index (κ1) is 16.9. The Kier molecular flexibility index (Phi) is 4.93. The van der Waals surface area contributed by atoms with Crippen molar-refractivity contribution >= 4 is 16.7 Å². The highest BCUT2D eigenvalue weighted by molar-refractivity contribution is 5.94. The number of amides is 1.